The van der Waals surface area contributed by atoms with Crippen molar-refractivity contribution in [3.8, 4) is 17.6 Å². The number of methoxy groups -OCH3 is 2. The van der Waals surface area contributed by atoms with Crippen LogP contribution in [-0.2, 0) is 6.42 Å². The molecule has 0 N–H and O–H groups in total. The molecule has 17 heavy (non-hydrogen) atoms. The van der Waals surface area contributed by atoms with Gasteiger partial charge in [-0.15, -0.1) is 0 Å². The summed E-state index contributed by atoms with van der Waals surface area (Å²) < 4.78 is 10.7. The third kappa shape index (κ3) is 1.90. The molecule has 0 heterocycles. The van der Waals surface area contributed by atoms with Crippen molar-refractivity contribution >= 4 is 10.8 Å². The maximum Gasteiger partial charge on any atom is 0.168 e. The molecule has 3 nitrogen and oxygen atoms in total. The van der Waals surface area contributed by atoms with Gasteiger partial charge in [0.2, 0.25) is 0 Å². The van der Waals surface area contributed by atoms with Gasteiger partial charge in [-0.05, 0) is 17.0 Å². The third-order valence-electron chi connectivity index (χ3n) is 2.74. The molecule has 0 bridgehead atoms. The van der Waals surface area contributed by atoms with Gasteiger partial charge < -0.3 is 9.47 Å². The lowest BCUT2D eigenvalue weighted by Gasteiger charge is -2.13. The maximum atomic E-state index is 8.85. The number of rotatable bonds is 3. The highest BCUT2D eigenvalue weighted by molar-refractivity contribution is 5.93. The van der Waals surface area contributed by atoms with Crippen LogP contribution >= 0.6 is 0 Å². The van der Waals surface area contributed by atoms with Crippen molar-refractivity contribution < 1.29 is 9.47 Å². The molecule has 0 unspecified atom stereocenters. The lowest BCUT2D eigenvalue weighted by atomic mass is 10.0. The summed E-state index contributed by atoms with van der Waals surface area (Å²) in [4.78, 5) is 0. The molecule has 0 fully saturated rings. The summed E-state index contributed by atoms with van der Waals surface area (Å²) in [6.07, 6.45) is 0.362. The first-order chi connectivity index (χ1) is 8.31. The summed E-state index contributed by atoms with van der Waals surface area (Å²) in [5.74, 6) is 1.38. The predicted octanol–water partition coefficient (Wildman–Crippen LogP) is 2.92. The van der Waals surface area contributed by atoms with Gasteiger partial charge in [-0.25, -0.2) is 0 Å². The van der Waals surface area contributed by atoms with E-state index < -0.39 is 0 Å². The fourth-order valence-corrected chi connectivity index (χ4v) is 1.99. The normalized spacial score (nSPS) is 9.94. The second kappa shape index (κ2) is 4.75. The first kappa shape index (κ1) is 11.3. The van der Waals surface area contributed by atoms with E-state index in [1.54, 1.807) is 14.2 Å². The van der Waals surface area contributed by atoms with Crippen LogP contribution in [0.2, 0.25) is 0 Å². The van der Waals surface area contributed by atoms with Crippen LogP contribution in [0.4, 0.5) is 0 Å². The topological polar surface area (TPSA) is 42.2 Å². The highest BCUT2D eigenvalue weighted by Crippen LogP contribution is 2.37. The zero-order chi connectivity index (χ0) is 12.3. The minimum absolute atomic E-state index is 0.362. The summed E-state index contributed by atoms with van der Waals surface area (Å²) in [5, 5.41) is 10.9. The summed E-state index contributed by atoms with van der Waals surface area (Å²) in [6, 6.07) is 11.9. The zero-order valence-corrected chi connectivity index (χ0v) is 9.86. The van der Waals surface area contributed by atoms with Crippen LogP contribution in [0.15, 0.2) is 30.3 Å². The second-order valence-electron chi connectivity index (χ2n) is 3.65. The largest absolute Gasteiger partial charge is 0.493 e. The summed E-state index contributed by atoms with van der Waals surface area (Å²) >= 11 is 0. The highest BCUT2D eigenvalue weighted by atomic mass is 16.5. The summed E-state index contributed by atoms with van der Waals surface area (Å²) in [6.45, 7) is 0. The molecule has 86 valence electrons. The molecule has 0 amide bonds. The van der Waals surface area contributed by atoms with E-state index >= 15 is 0 Å². The molecule has 0 aliphatic carbocycles. The van der Waals surface area contributed by atoms with Gasteiger partial charge in [0.1, 0.15) is 0 Å². The number of benzene rings is 2. The first-order valence-corrected chi connectivity index (χ1v) is 5.31. The SMILES string of the molecule is COc1cc(CC#N)c2ccccc2c1OC. The number of hydrogen-bond donors (Lipinski definition) is 0. The predicted molar refractivity (Wildman–Crippen MR) is 66.4 cm³/mol. The molecule has 0 aliphatic rings. The summed E-state index contributed by atoms with van der Waals surface area (Å²) in [7, 11) is 3.22. The average Bonchev–Trinajstić information content (AvgIpc) is 2.38. The molecule has 0 saturated heterocycles. The molecule has 2 aromatic rings. The lowest BCUT2D eigenvalue weighted by molar-refractivity contribution is 0.358. The fourth-order valence-electron chi connectivity index (χ4n) is 1.99. The van der Waals surface area contributed by atoms with Gasteiger partial charge in [-0.1, -0.05) is 24.3 Å². The van der Waals surface area contributed by atoms with Crippen LogP contribution < -0.4 is 9.47 Å². The van der Waals surface area contributed by atoms with Gasteiger partial charge in [-0.3, -0.25) is 0 Å². The summed E-state index contributed by atoms with van der Waals surface area (Å²) in [5.41, 5.74) is 0.959. The molecule has 0 aliphatic heterocycles. The molecule has 0 atom stereocenters. The standard InChI is InChI=1S/C14H13NO2/c1-16-13-9-10(7-8-15)11-5-3-4-6-12(11)14(13)17-2/h3-6,9H,7H2,1-2H3. The Hall–Kier alpha value is -2.21. The van der Waals surface area contributed by atoms with Crippen molar-refractivity contribution in [3.05, 3.63) is 35.9 Å². The van der Waals surface area contributed by atoms with E-state index in [1.165, 1.54) is 0 Å². The van der Waals surface area contributed by atoms with Crippen LogP contribution in [0.25, 0.3) is 10.8 Å². The Morgan fingerprint density at radius 1 is 1.12 bits per heavy atom. The molecule has 2 aromatic carbocycles. The minimum Gasteiger partial charge on any atom is -0.493 e. The van der Waals surface area contributed by atoms with Gasteiger partial charge in [0, 0.05) is 5.39 Å². The van der Waals surface area contributed by atoms with Crippen molar-refractivity contribution in [1.82, 2.24) is 0 Å². The lowest BCUT2D eigenvalue weighted by Crippen LogP contribution is -1.95. The molecule has 2 rings (SSSR count). The van der Waals surface area contributed by atoms with Crippen LogP contribution in [-0.4, -0.2) is 14.2 Å². The van der Waals surface area contributed by atoms with Crippen molar-refractivity contribution in [2.45, 2.75) is 6.42 Å². The minimum atomic E-state index is 0.362. The van der Waals surface area contributed by atoms with Crippen LogP contribution in [0, 0.1) is 11.3 Å². The zero-order valence-electron chi connectivity index (χ0n) is 9.86. The van der Waals surface area contributed by atoms with E-state index in [0.29, 0.717) is 17.9 Å². The molecular formula is C14H13NO2. The van der Waals surface area contributed by atoms with Gasteiger partial charge in [0.05, 0.1) is 26.7 Å². The molecule has 0 saturated carbocycles. The average molecular weight is 227 g/mol. The van der Waals surface area contributed by atoms with Crippen molar-refractivity contribution in [2.24, 2.45) is 0 Å². The molecular weight excluding hydrogens is 214 g/mol. The van der Waals surface area contributed by atoms with E-state index in [2.05, 4.69) is 6.07 Å². The smallest absolute Gasteiger partial charge is 0.168 e. The second-order valence-corrected chi connectivity index (χ2v) is 3.65. The van der Waals surface area contributed by atoms with E-state index in [0.717, 1.165) is 16.3 Å². The van der Waals surface area contributed by atoms with Gasteiger partial charge in [-0.2, -0.15) is 5.26 Å². The van der Waals surface area contributed by atoms with E-state index in [9.17, 15) is 0 Å². The molecule has 3 heteroatoms. The van der Waals surface area contributed by atoms with Crippen LogP contribution in [0.1, 0.15) is 5.56 Å². The van der Waals surface area contributed by atoms with Crippen LogP contribution in [0.3, 0.4) is 0 Å². The number of nitrogens with zero attached hydrogens (tertiary/aromatic N) is 1. The Balaban J connectivity index is 2.80. The molecule has 0 aromatic heterocycles. The maximum absolute atomic E-state index is 8.85. The van der Waals surface area contributed by atoms with Gasteiger partial charge >= 0.3 is 0 Å². The molecule has 0 radical (unpaired) electrons. The van der Waals surface area contributed by atoms with E-state index in [1.807, 2.05) is 30.3 Å². The van der Waals surface area contributed by atoms with E-state index in [-0.39, 0.29) is 0 Å². The Labute approximate surface area is 100 Å². The highest BCUT2D eigenvalue weighted by Gasteiger charge is 2.12. The number of fused-ring (bicyclic) bond motifs is 1. The first-order valence-electron chi connectivity index (χ1n) is 5.31. The van der Waals surface area contributed by atoms with Gasteiger partial charge in [0.25, 0.3) is 0 Å². The van der Waals surface area contributed by atoms with Crippen molar-refractivity contribution in [1.29, 1.82) is 5.26 Å². The number of nitriles is 1. The monoisotopic (exact) mass is 227 g/mol. The van der Waals surface area contributed by atoms with Crippen molar-refractivity contribution in [3.63, 3.8) is 0 Å². The third-order valence-corrected chi connectivity index (χ3v) is 2.74. The Morgan fingerprint density at radius 3 is 2.41 bits per heavy atom. The van der Waals surface area contributed by atoms with Gasteiger partial charge in [0.15, 0.2) is 11.5 Å². The Bertz CT molecular complexity index is 585. The van der Waals surface area contributed by atoms with E-state index in [4.69, 9.17) is 14.7 Å². The Kier molecular flexibility index (Phi) is 3.15. The van der Waals surface area contributed by atoms with Crippen molar-refractivity contribution in [2.75, 3.05) is 14.2 Å². The Morgan fingerprint density at radius 2 is 1.82 bits per heavy atom. The fraction of sp³-hybridized carbons (Fsp3) is 0.214. The number of ether oxygens (including phenoxy) is 2. The quantitative estimate of drug-likeness (QED) is 0.809. The molecule has 0 spiro atoms. The van der Waals surface area contributed by atoms with Crippen LogP contribution in [0.5, 0.6) is 11.5 Å². The number of hydrogen-bond acceptors (Lipinski definition) is 3.